The summed E-state index contributed by atoms with van der Waals surface area (Å²) in [6, 6.07) is 1.51. The van der Waals surface area contributed by atoms with E-state index in [1.165, 1.54) is 23.5 Å². The highest BCUT2D eigenvalue weighted by Gasteiger charge is 2.13. The van der Waals surface area contributed by atoms with Gasteiger partial charge in [0.2, 0.25) is 0 Å². The van der Waals surface area contributed by atoms with Crippen LogP contribution in [0.1, 0.15) is 24.2 Å². The van der Waals surface area contributed by atoms with Crippen molar-refractivity contribution in [2.45, 2.75) is 13.8 Å². The summed E-state index contributed by atoms with van der Waals surface area (Å²) in [6.07, 6.45) is 1.28. The van der Waals surface area contributed by atoms with Crippen LogP contribution >= 0.6 is 11.3 Å². The summed E-state index contributed by atoms with van der Waals surface area (Å²) in [5, 5.41) is 4.43. The molecule has 0 bridgehead atoms. The normalized spacial score (nSPS) is 9.58. The molecule has 1 rings (SSSR count). The molecule has 0 unspecified atom stereocenters. The number of primary amides is 1. The molecule has 7 heteroatoms. The number of anilines is 1. The zero-order valence-corrected chi connectivity index (χ0v) is 11.4. The zero-order chi connectivity index (χ0) is 14.4. The second-order valence-corrected chi connectivity index (χ2v) is 4.82. The van der Waals surface area contributed by atoms with E-state index in [4.69, 9.17) is 10.5 Å². The number of esters is 1. The molecule has 1 aromatic rings. The highest BCUT2D eigenvalue weighted by molar-refractivity contribution is 7.14. The standard InChI is InChI=1S/C12H14N2O4S/c1-7(2)5-10(16)18-6-9(15)14-12-8(11(13)17)3-4-19-12/h3-5H,6H2,1-2H3,(H2,13,17)(H,14,15). The van der Waals surface area contributed by atoms with Crippen LogP contribution in [0.3, 0.4) is 0 Å². The van der Waals surface area contributed by atoms with Gasteiger partial charge in [-0.25, -0.2) is 4.79 Å². The van der Waals surface area contributed by atoms with E-state index >= 15 is 0 Å². The van der Waals surface area contributed by atoms with Crippen LogP contribution in [-0.2, 0) is 14.3 Å². The van der Waals surface area contributed by atoms with E-state index in [0.29, 0.717) is 5.00 Å². The first-order valence-electron chi connectivity index (χ1n) is 5.39. The summed E-state index contributed by atoms with van der Waals surface area (Å²) in [7, 11) is 0. The van der Waals surface area contributed by atoms with Gasteiger partial charge in [-0.15, -0.1) is 11.3 Å². The molecule has 1 aromatic heterocycles. The molecule has 19 heavy (non-hydrogen) atoms. The number of hydrogen-bond acceptors (Lipinski definition) is 5. The first-order valence-corrected chi connectivity index (χ1v) is 6.27. The fourth-order valence-electron chi connectivity index (χ4n) is 1.18. The Labute approximate surface area is 114 Å². The molecule has 0 saturated carbocycles. The van der Waals surface area contributed by atoms with Crippen molar-refractivity contribution in [1.29, 1.82) is 0 Å². The zero-order valence-electron chi connectivity index (χ0n) is 10.6. The third-order valence-corrected chi connectivity index (χ3v) is 2.77. The van der Waals surface area contributed by atoms with Crippen LogP contribution in [0.2, 0.25) is 0 Å². The van der Waals surface area contributed by atoms with Gasteiger partial charge in [-0.2, -0.15) is 0 Å². The van der Waals surface area contributed by atoms with Crippen LogP contribution < -0.4 is 11.1 Å². The fraction of sp³-hybridized carbons (Fsp3) is 0.250. The first kappa shape index (κ1) is 14.9. The lowest BCUT2D eigenvalue weighted by molar-refractivity contribution is -0.142. The molecule has 1 heterocycles. The molecule has 0 saturated heterocycles. The van der Waals surface area contributed by atoms with E-state index in [1.807, 2.05) is 0 Å². The van der Waals surface area contributed by atoms with Crippen LogP contribution in [0.4, 0.5) is 5.00 Å². The van der Waals surface area contributed by atoms with Crippen LogP contribution in [0.15, 0.2) is 23.1 Å². The topological polar surface area (TPSA) is 98.5 Å². The summed E-state index contributed by atoms with van der Waals surface area (Å²) in [6.45, 7) is 3.07. The van der Waals surface area contributed by atoms with Gasteiger partial charge < -0.3 is 15.8 Å². The molecule has 102 valence electrons. The van der Waals surface area contributed by atoms with Crippen LogP contribution in [0.5, 0.6) is 0 Å². The maximum Gasteiger partial charge on any atom is 0.331 e. The molecule has 3 N–H and O–H groups in total. The lowest BCUT2D eigenvalue weighted by atomic mass is 10.3. The van der Waals surface area contributed by atoms with Crippen LogP contribution in [0, 0.1) is 0 Å². The molecule has 0 aliphatic carbocycles. The largest absolute Gasteiger partial charge is 0.452 e. The minimum atomic E-state index is -0.627. The van der Waals surface area contributed by atoms with Gasteiger partial charge in [0.25, 0.3) is 11.8 Å². The Kier molecular flexibility index (Phi) is 5.25. The maximum atomic E-state index is 11.5. The maximum absolute atomic E-state index is 11.5. The van der Waals surface area contributed by atoms with Gasteiger partial charge in [0, 0.05) is 6.08 Å². The molecular weight excluding hydrogens is 268 g/mol. The molecule has 0 spiro atoms. The van der Waals surface area contributed by atoms with Crippen molar-refractivity contribution in [1.82, 2.24) is 0 Å². The Balaban J connectivity index is 2.52. The van der Waals surface area contributed by atoms with Gasteiger partial charge >= 0.3 is 5.97 Å². The van der Waals surface area contributed by atoms with Gasteiger partial charge in [0.15, 0.2) is 6.61 Å². The molecule has 0 radical (unpaired) electrons. The van der Waals surface area contributed by atoms with Crippen LogP contribution in [0.25, 0.3) is 0 Å². The molecule has 6 nitrogen and oxygen atoms in total. The number of carbonyl (C=O) groups is 3. The van der Waals surface area contributed by atoms with Crippen molar-refractivity contribution in [2.75, 3.05) is 11.9 Å². The van der Waals surface area contributed by atoms with Crippen molar-refractivity contribution < 1.29 is 19.1 Å². The van der Waals surface area contributed by atoms with E-state index in [1.54, 1.807) is 19.2 Å². The molecule has 0 aliphatic heterocycles. The average molecular weight is 282 g/mol. The summed E-state index contributed by atoms with van der Waals surface area (Å²) >= 11 is 1.17. The molecular formula is C12H14N2O4S. The van der Waals surface area contributed by atoms with Gasteiger partial charge in [-0.05, 0) is 25.3 Å². The third-order valence-electron chi connectivity index (χ3n) is 1.94. The molecule has 2 amide bonds. The van der Waals surface area contributed by atoms with E-state index in [-0.39, 0.29) is 5.56 Å². The summed E-state index contributed by atoms with van der Waals surface area (Å²) in [5.41, 5.74) is 6.14. The van der Waals surface area contributed by atoms with E-state index in [0.717, 1.165) is 5.57 Å². The Bertz CT molecular complexity index is 530. The fourth-order valence-corrected chi connectivity index (χ4v) is 1.99. The number of allylic oxidation sites excluding steroid dienone is 1. The second kappa shape index (κ2) is 6.69. The van der Waals surface area contributed by atoms with Gasteiger partial charge in [0.05, 0.1) is 5.56 Å². The molecule has 0 aliphatic rings. The van der Waals surface area contributed by atoms with Crippen molar-refractivity contribution in [2.24, 2.45) is 5.73 Å². The Morgan fingerprint density at radius 1 is 1.42 bits per heavy atom. The minimum absolute atomic E-state index is 0.231. The Morgan fingerprint density at radius 3 is 2.68 bits per heavy atom. The van der Waals surface area contributed by atoms with Crippen molar-refractivity contribution in [3.05, 3.63) is 28.7 Å². The van der Waals surface area contributed by atoms with E-state index in [2.05, 4.69) is 5.32 Å². The average Bonchev–Trinajstić information content (AvgIpc) is 2.73. The number of thiophene rings is 1. The first-order chi connectivity index (χ1) is 8.90. The lowest BCUT2D eigenvalue weighted by Crippen LogP contribution is -2.21. The number of rotatable bonds is 5. The summed E-state index contributed by atoms with van der Waals surface area (Å²) in [5.74, 6) is -1.74. The molecule has 0 fully saturated rings. The van der Waals surface area contributed by atoms with E-state index in [9.17, 15) is 14.4 Å². The number of nitrogens with two attached hydrogens (primary N) is 1. The predicted octanol–water partition coefficient (Wildman–Crippen LogP) is 1.29. The van der Waals surface area contributed by atoms with Gasteiger partial charge in [-0.3, -0.25) is 9.59 Å². The number of nitrogens with one attached hydrogen (secondary N) is 1. The van der Waals surface area contributed by atoms with E-state index < -0.39 is 24.4 Å². The second-order valence-electron chi connectivity index (χ2n) is 3.91. The molecule has 0 aromatic carbocycles. The molecule has 0 atom stereocenters. The third kappa shape index (κ3) is 4.92. The predicted molar refractivity (Wildman–Crippen MR) is 71.9 cm³/mol. The van der Waals surface area contributed by atoms with Crippen molar-refractivity contribution in [3.8, 4) is 0 Å². The SMILES string of the molecule is CC(C)=CC(=O)OCC(=O)Nc1sccc1C(N)=O. The summed E-state index contributed by atoms with van der Waals surface area (Å²) < 4.78 is 4.72. The number of ether oxygens (including phenoxy) is 1. The number of hydrogen-bond donors (Lipinski definition) is 2. The monoisotopic (exact) mass is 282 g/mol. The van der Waals surface area contributed by atoms with Crippen molar-refractivity contribution >= 4 is 34.1 Å². The Morgan fingerprint density at radius 2 is 2.11 bits per heavy atom. The lowest BCUT2D eigenvalue weighted by Gasteiger charge is -2.04. The minimum Gasteiger partial charge on any atom is -0.452 e. The van der Waals surface area contributed by atoms with Crippen molar-refractivity contribution in [3.63, 3.8) is 0 Å². The van der Waals surface area contributed by atoms with Gasteiger partial charge in [-0.1, -0.05) is 5.57 Å². The van der Waals surface area contributed by atoms with Gasteiger partial charge in [0.1, 0.15) is 5.00 Å². The highest BCUT2D eigenvalue weighted by Crippen LogP contribution is 2.22. The number of carbonyl (C=O) groups excluding carboxylic acids is 3. The Hall–Kier alpha value is -2.15. The smallest absolute Gasteiger partial charge is 0.331 e. The summed E-state index contributed by atoms with van der Waals surface area (Å²) in [4.78, 5) is 33.7. The quantitative estimate of drug-likeness (QED) is 0.628. The highest BCUT2D eigenvalue weighted by atomic mass is 32.1. The van der Waals surface area contributed by atoms with Crippen LogP contribution in [-0.4, -0.2) is 24.4 Å². The number of amides is 2.